The molecular weight excluding hydrogens is 336 g/mol. The molecule has 0 spiro atoms. The summed E-state index contributed by atoms with van der Waals surface area (Å²) in [5, 5.41) is 12.5. The predicted molar refractivity (Wildman–Crippen MR) is 83.3 cm³/mol. The summed E-state index contributed by atoms with van der Waals surface area (Å²) in [5.74, 6) is 1.35. The quantitative estimate of drug-likeness (QED) is 0.892. The average molecular weight is 351 g/mol. The molecule has 0 aliphatic carbocycles. The zero-order valence-electron chi connectivity index (χ0n) is 11.7. The van der Waals surface area contributed by atoms with Gasteiger partial charge >= 0.3 is 0 Å². The second kappa shape index (κ2) is 5.20. The molecule has 2 heterocycles. The minimum Gasteiger partial charge on any atom is -0.464 e. The molecule has 110 valence electrons. The number of halogens is 1. The summed E-state index contributed by atoms with van der Waals surface area (Å²) in [5.41, 5.74) is 2.16. The van der Waals surface area contributed by atoms with E-state index in [1.54, 1.807) is 6.07 Å². The van der Waals surface area contributed by atoms with Crippen LogP contribution in [0.15, 0.2) is 33.2 Å². The highest BCUT2D eigenvalue weighted by atomic mass is 79.9. The van der Waals surface area contributed by atoms with Crippen LogP contribution in [0.1, 0.15) is 23.2 Å². The zero-order valence-corrected chi connectivity index (χ0v) is 13.3. The molecule has 21 heavy (non-hydrogen) atoms. The number of aliphatic hydroxyl groups excluding tert-OH is 1. The maximum absolute atomic E-state index is 11.5. The fraction of sp³-hybridized carbons (Fsp3) is 0.267. The highest BCUT2D eigenvalue weighted by molar-refractivity contribution is 9.10. The molecule has 0 radical (unpaired) electrons. The average Bonchev–Trinajstić information content (AvgIpc) is 2.95. The lowest BCUT2D eigenvalue weighted by molar-refractivity contribution is -0.123. The van der Waals surface area contributed by atoms with E-state index in [2.05, 4.69) is 21.2 Å². The van der Waals surface area contributed by atoms with Crippen LogP contribution in [0.2, 0.25) is 0 Å². The van der Waals surface area contributed by atoms with E-state index < -0.39 is 12.0 Å². The van der Waals surface area contributed by atoms with Crippen LogP contribution in [0.3, 0.4) is 0 Å². The Hall–Kier alpha value is -1.79. The van der Waals surface area contributed by atoms with Gasteiger partial charge in [-0.05, 0) is 47.1 Å². The Morgan fingerprint density at radius 1 is 1.43 bits per heavy atom. The van der Waals surface area contributed by atoms with Gasteiger partial charge in [-0.3, -0.25) is 4.79 Å². The first-order chi connectivity index (χ1) is 9.95. The van der Waals surface area contributed by atoms with E-state index in [-0.39, 0.29) is 0 Å². The van der Waals surface area contributed by atoms with E-state index in [1.807, 2.05) is 37.1 Å². The maximum Gasteiger partial charge on any atom is 0.257 e. The molecule has 6 heteroatoms. The van der Waals surface area contributed by atoms with E-state index in [1.165, 1.54) is 0 Å². The number of aliphatic hydroxyl groups is 1. The van der Waals surface area contributed by atoms with Crippen molar-refractivity contribution in [2.45, 2.75) is 19.6 Å². The molecule has 2 aromatic rings. The third-order valence-electron chi connectivity index (χ3n) is 3.52. The van der Waals surface area contributed by atoms with E-state index in [4.69, 9.17) is 4.42 Å². The Morgan fingerprint density at radius 3 is 2.86 bits per heavy atom. The molecule has 1 aliphatic rings. The van der Waals surface area contributed by atoms with Crippen LogP contribution in [-0.4, -0.2) is 18.1 Å². The molecule has 0 fully saturated rings. The Morgan fingerprint density at radius 2 is 2.19 bits per heavy atom. The first-order valence-corrected chi connectivity index (χ1v) is 7.34. The van der Waals surface area contributed by atoms with E-state index in [0.29, 0.717) is 17.8 Å². The summed E-state index contributed by atoms with van der Waals surface area (Å²) >= 11 is 3.49. The van der Waals surface area contributed by atoms with Crippen LogP contribution in [0.5, 0.6) is 0 Å². The minimum absolute atomic E-state index is 0.390. The second-order valence-electron chi connectivity index (χ2n) is 5.15. The SMILES string of the molecule is Cc1ccc(CN(C)c2cc3c(cc2Br)C(O)C(=O)N3)o1. The van der Waals surface area contributed by atoms with Crippen molar-refractivity contribution in [2.24, 2.45) is 0 Å². The summed E-state index contributed by atoms with van der Waals surface area (Å²) in [7, 11) is 1.94. The summed E-state index contributed by atoms with van der Waals surface area (Å²) in [6, 6.07) is 7.50. The molecule has 1 aliphatic heterocycles. The van der Waals surface area contributed by atoms with Gasteiger partial charge in [0.25, 0.3) is 5.91 Å². The van der Waals surface area contributed by atoms with Crippen molar-refractivity contribution in [1.82, 2.24) is 0 Å². The Kier molecular flexibility index (Phi) is 3.51. The van der Waals surface area contributed by atoms with Gasteiger partial charge in [0.05, 0.1) is 12.2 Å². The molecule has 0 saturated heterocycles. The lowest BCUT2D eigenvalue weighted by Gasteiger charge is -2.20. The molecular formula is C15H15BrN2O3. The molecule has 0 bridgehead atoms. The van der Waals surface area contributed by atoms with Crippen molar-refractivity contribution in [1.29, 1.82) is 0 Å². The number of benzene rings is 1. The first-order valence-electron chi connectivity index (χ1n) is 6.54. The Balaban J connectivity index is 1.89. The number of fused-ring (bicyclic) bond motifs is 1. The van der Waals surface area contributed by atoms with Crippen LogP contribution in [0.25, 0.3) is 0 Å². The van der Waals surface area contributed by atoms with Gasteiger partial charge in [0, 0.05) is 22.8 Å². The van der Waals surface area contributed by atoms with Gasteiger partial charge in [-0.15, -0.1) is 0 Å². The number of furan rings is 1. The Bertz CT molecular complexity index is 711. The number of amides is 1. The highest BCUT2D eigenvalue weighted by Gasteiger charge is 2.29. The van der Waals surface area contributed by atoms with Crippen molar-refractivity contribution in [3.8, 4) is 0 Å². The van der Waals surface area contributed by atoms with Crippen molar-refractivity contribution in [3.63, 3.8) is 0 Å². The molecule has 1 amide bonds. The number of nitrogens with one attached hydrogen (secondary N) is 1. The number of nitrogens with zero attached hydrogens (tertiary/aromatic N) is 1. The second-order valence-corrected chi connectivity index (χ2v) is 6.01. The van der Waals surface area contributed by atoms with Crippen molar-refractivity contribution in [2.75, 3.05) is 17.3 Å². The van der Waals surface area contributed by atoms with Crippen molar-refractivity contribution in [3.05, 3.63) is 45.8 Å². The number of anilines is 2. The monoisotopic (exact) mass is 350 g/mol. The summed E-state index contributed by atoms with van der Waals surface area (Å²) in [6.45, 7) is 2.52. The number of aryl methyl sites for hydroxylation is 1. The number of rotatable bonds is 3. The standard InChI is InChI=1S/C15H15BrN2O3/c1-8-3-4-9(21-8)7-18(2)13-6-12-10(5-11(13)16)14(19)15(20)17-12/h3-6,14,19H,7H2,1-2H3,(H,17,20). The van der Waals surface area contributed by atoms with E-state index in [0.717, 1.165) is 21.7 Å². The fourth-order valence-electron chi connectivity index (χ4n) is 2.44. The molecule has 0 saturated carbocycles. The summed E-state index contributed by atoms with van der Waals surface area (Å²) in [6.07, 6.45) is -1.09. The van der Waals surface area contributed by atoms with Crippen LogP contribution in [0, 0.1) is 6.92 Å². The molecule has 5 nitrogen and oxygen atoms in total. The fourth-order valence-corrected chi connectivity index (χ4v) is 3.10. The largest absolute Gasteiger partial charge is 0.464 e. The predicted octanol–water partition coefficient (Wildman–Crippen LogP) is 2.97. The van der Waals surface area contributed by atoms with E-state index in [9.17, 15) is 9.90 Å². The normalized spacial score (nSPS) is 16.8. The third kappa shape index (κ3) is 2.56. The van der Waals surface area contributed by atoms with Crippen LogP contribution in [0.4, 0.5) is 11.4 Å². The lowest BCUT2D eigenvalue weighted by Crippen LogP contribution is -2.16. The van der Waals surface area contributed by atoms with Gasteiger partial charge in [0.1, 0.15) is 11.5 Å². The smallest absolute Gasteiger partial charge is 0.257 e. The van der Waals surface area contributed by atoms with Crippen LogP contribution < -0.4 is 10.2 Å². The van der Waals surface area contributed by atoms with Crippen LogP contribution in [-0.2, 0) is 11.3 Å². The summed E-state index contributed by atoms with van der Waals surface area (Å²) in [4.78, 5) is 13.5. The number of carbonyl (C=O) groups is 1. The van der Waals surface area contributed by atoms with Crippen molar-refractivity contribution >= 4 is 33.2 Å². The number of hydrogen-bond donors (Lipinski definition) is 2. The first kappa shape index (κ1) is 14.2. The van der Waals surface area contributed by atoms with E-state index >= 15 is 0 Å². The number of hydrogen-bond acceptors (Lipinski definition) is 4. The lowest BCUT2D eigenvalue weighted by atomic mass is 10.1. The Labute approximate surface area is 130 Å². The molecule has 1 aromatic carbocycles. The minimum atomic E-state index is -1.09. The van der Waals surface area contributed by atoms with Gasteiger partial charge < -0.3 is 19.7 Å². The van der Waals surface area contributed by atoms with Gasteiger partial charge in [0.2, 0.25) is 0 Å². The van der Waals surface area contributed by atoms with Gasteiger partial charge in [-0.2, -0.15) is 0 Å². The van der Waals surface area contributed by atoms with Crippen molar-refractivity contribution < 1.29 is 14.3 Å². The zero-order chi connectivity index (χ0) is 15.1. The maximum atomic E-state index is 11.5. The highest BCUT2D eigenvalue weighted by Crippen LogP contribution is 2.39. The van der Waals surface area contributed by atoms with Crippen LogP contribution >= 0.6 is 15.9 Å². The van der Waals surface area contributed by atoms with Gasteiger partial charge in [-0.1, -0.05) is 0 Å². The molecule has 1 aromatic heterocycles. The number of carbonyl (C=O) groups excluding carboxylic acids is 1. The topological polar surface area (TPSA) is 65.7 Å². The molecule has 1 atom stereocenters. The van der Waals surface area contributed by atoms with Gasteiger partial charge in [-0.25, -0.2) is 0 Å². The summed E-state index contributed by atoms with van der Waals surface area (Å²) < 4.78 is 6.40. The van der Waals surface area contributed by atoms with Gasteiger partial charge in [0.15, 0.2) is 6.10 Å². The molecule has 3 rings (SSSR count). The molecule has 2 N–H and O–H groups in total. The molecule has 1 unspecified atom stereocenters. The third-order valence-corrected chi connectivity index (χ3v) is 4.16.